The van der Waals surface area contributed by atoms with E-state index in [9.17, 15) is 14.9 Å². The van der Waals surface area contributed by atoms with Gasteiger partial charge < -0.3 is 14.4 Å². The number of carbonyl (C=O) groups excluding carboxylic acids is 1. The molecule has 0 aliphatic rings. The molecular weight excluding hydrogens is 278 g/mol. The summed E-state index contributed by atoms with van der Waals surface area (Å²) < 4.78 is 10.2. The van der Waals surface area contributed by atoms with Crippen LogP contribution in [0.5, 0.6) is 5.75 Å². The van der Waals surface area contributed by atoms with Crippen LogP contribution in [0.3, 0.4) is 0 Å². The van der Waals surface area contributed by atoms with Crippen LogP contribution in [0.1, 0.15) is 0 Å². The summed E-state index contributed by atoms with van der Waals surface area (Å²) in [5, 5.41) is 11.3. The van der Waals surface area contributed by atoms with Crippen molar-refractivity contribution in [2.75, 3.05) is 20.9 Å². The Bertz CT molecular complexity index is 687. The van der Waals surface area contributed by atoms with E-state index in [1.165, 1.54) is 23.2 Å². The molecule has 0 radical (unpaired) electrons. The van der Waals surface area contributed by atoms with Gasteiger partial charge in [-0.25, -0.2) is 4.79 Å². The second-order valence-corrected chi connectivity index (χ2v) is 4.31. The zero-order valence-corrected chi connectivity index (χ0v) is 11.5. The first-order valence-electron chi connectivity index (χ1n) is 5.99. The van der Waals surface area contributed by atoms with E-state index in [-0.39, 0.29) is 12.5 Å². The van der Waals surface area contributed by atoms with Crippen molar-refractivity contribution in [3.63, 3.8) is 0 Å². The fraction of sp³-hybridized carbons (Fsp3) is 0.231. The van der Waals surface area contributed by atoms with Gasteiger partial charge in [0.05, 0.1) is 10.3 Å². The number of fused-ring (bicyclic) bond motifs is 1. The van der Waals surface area contributed by atoms with Gasteiger partial charge in [0.2, 0.25) is 6.79 Å². The molecule has 1 heterocycles. The summed E-state index contributed by atoms with van der Waals surface area (Å²) in [7, 11) is 3.09. The largest absolute Gasteiger partial charge is 0.455 e. The highest BCUT2D eigenvalue weighted by Gasteiger charge is 2.16. The van der Waals surface area contributed by atoms with Crippen LogP contribution in [0.15, 0.2) is 30.5 Å². The number of hydrogen-bond acceptors (Lipinski definition) is 6. The van der Waals surface area contributed by atoms with Crippen molar-refractivity contribution in [2.24, 2.45) is 0 Å². The van der Waals surface area contributed by atoms with Gasteiger partial charge in [0.1, 0.15) is 11.3 Å². The minimum atomic E-state index is -0.547. The predicted octanol–water partition coefficient (Wildman–Crippen LogP) is 2.18. The van der Waals surface area contributed by atoms with Gasteiger partial charge in [-0.05, 0) is 18.2 Å². The molecule has 0 saturated heterocycles. The van der Waals surface area contributed by atoms with Gasteiger partial charge in [0, 0.05) is 26.4 Å². The van der Waals surface area contributed by atoms with E-state index in [0.29, 0.717) is 16.7 Å². The van der Waals surface area contributed by atoms with E-state index in [1.807, 2.05) is 0 Å². The number of nitro benzene ring substituents is 1. The first kappa shape index (κ1) is 14.5. The highest BCUT2D eigenvalue weighted by atomic mass is 16.7. The van der Waals surface area contributed by atoms with Crippen molar-refractivity contribution in [2.45, 2.75) is 0 Å². The average molecular weight is 291 g/mol. The number of pyridine rings is 1. The van der Waals surface area contributed by atoms with Gasteiger partial charge in [-0.3, -0.25) is 15.1 Å². The van der Waals surface area contributed by atoms with Crippen LogP contribution >= 0.6 is 0 Å². The Morgan fingerprint density at radius 2 is 2.14 bits per heavy atom. The maximum atomic E-state index is 11.3. The Hall–Kier alpha value is -2.90. The maximum absolute atomic E-state index is 11.3. The fourth-order valence-electron chi connectivity index (χ4n) is 1.68. The van der Waals surface area contributed by atoms with Crippen LogP contribution in [0.4, 0.5) is 10.5 Å². The Balaban J connectivity index is 2.23. The number of rotatable bonds is 4. The molecule has 21 heavy (non-hydrogen) atoms. The number of hydrogen-bond donors (Lipinski definition) is 0. The van der Waals surface area contributed by atoms with Crippen molar-refractivity contribution >= 4 is 22.7 Å². The van der Waals surface area contributed by atoms with E-state index in [4.69, 9.17) is 9.47 Å². The van der Waals surface area contributed by atoms with Crippen molar-refractivity contribution < 1.29 is 19.2 Å². The summed E-state index contributed by atoms with van der Waals surface area (Å²) in [6.07, 6.45) is 0.958. The summed E-state index contributed by atoms with van der Waals surface area (Å²) >= 11 is 0. The second-order valence-electron chi connectivity index (χ2n) is 4.31. The minimum Gasteiger partial charge on any atom is -0.455 e. The first-order chi connectivity index (χ1) is 10.0. The molecule has 0 bridgehead atoms. The zero-order chi connectivity index (χ0) is 15.4. The Labute approximate surface area is 120 Å². The number of nitro groups is 1. The standard InChI is InChI=1S/C13H13N3O5/c1-15(2)13(17)21-8-20-11-6-5-10(16(18)19)9-4-3-7-14-12(9)11/h3-7H,8H2,1-2H3. The first-order valence-corrected chi connectivity index (χ1v) is 5.99. The third-order valence-electron chi connectivity index (χ3n) is 2.67. The summed E-state index contributed by atoms with van der Waals surface area (Å²) in [4.78, 5) is 27.1. The van der Waals surface area contributed by atoms with Crippen LogP contribution in [0.2, 0.25) is 0 Å². The average Bonchev–Trinajstić information content (AvgIpc) is 2.46. The van der Waals surface area contributed by atoms with E-state index >= 15 is 0 Å². The third-order valence-corrected chi connectivity index (χ3v) is 2.67. The second kappa shape index (κ2) is 6.04. The lowest BCUT2D eigenvalue weighted by Gasteiger charge is -2.12. The lowest BCUT2D eigenvalue weighted by atomic mass is 10.1. The molecule has 1 aromatic heterocycles. The number of benzene rings is 1. The molecule has 0 atom stereocenters. The molecule has 0 saturated carbocycles. The van der Waals surface area contributed by atoms with Crippen LogP contribution < -0.4 is 4.74 Å². The van der Waals surface area contributed by atoms with E-state index in [2.05, 4.69) is 4.98 Å². The topological polar surface area (TPSA) is 94.8 Å². The van der Waals surface area contributed by atoms with Gasteiger partial charge in [-0.2, -0.15) is 0 Å². The molecule has 0 N–H and O–H groups in total. The molecule has 0 spiro atoms. The normalized spacial score (nSPS) is 10.2. The minimum absolute atomic E-state index is 0.0595. The number of aromatic nitrogens is 1. The van der Waals surface area contributed by atoms with E-state index in [1.54, 1.807) is 26.2 Å². The smallest absolute Gasteiger partial charge is 0.412 e. The summed E-state index contributed by atoms with van der Waals surface area (Å²) in [6.45, 7) is -0.305. The molecule has 1 aromatic carbocycles. The summed E-state index contributed by atoms with van der Waals surface area (Å²) in [6, 6.07) is 5.94. The quantitative estimate of drug-likeness (QED) is 0.486. The molecule has 0 unspecified atom stereocenters. The van der Waals surface area contributed by atoms with Crippen LogP contribution in [-0.2, 0) is 4.74 Å². The van der Waals surface area contributed by atoms with Gasteiger partial charge in [0.15, 0.2) is 0 Å². The number of amides is 1. The SMILES string of the molecule is CN(C)C(=O)OCOc1ccc([N+](=O)[O-])c2cccnc12. The molecular formula is C13H13N3O5. The third kappa shape index (κ3) is 3.16. The number of non-ortho nitro benzene ring substituents is 1. The van der Waals surface area contributed by atoms with Gasteiger partial charge in [-0.15, -0.1) is 0 Å². The predicted molar refractivity (Wildman–Crippen MR) is 74.1 cm³/mol. The molecule has 0 aliphatic carbocycles. The van der Waals surface area contributed by atoms with Gasteiger partial charge in [0.25, 0.3) is 5.69 Å². The molecule has 2 rings (SSSR count). The molecule has 8 nitrogen and oxygen atoms in total. The van der Waals surface area contributed by atoms with Crippen molar-refractivity contribution in [3.8, 4) is 5.75 Å². The molecule has 110 valence electrons. The highest BCUT2D eigenvalue weighted by molar-refractivity contribution is 5.92. The monoisotopic (exact) mass is 291 g/mol. The van der Waals surface area contributed by atoms with Gasteiger partial charge >= 0.3 is 6.09 Å². The molecule has 2 aromatic rings. The van der Waals surface area contributed by atoms with Crippen molar-refractivity contribution in [3.05, 3.63) is 40.6 Å². The highest BCUT2D eigenvalue weighted by Crippen LogP contribution is 2.31. The number of carbonyl (C=O) groups is 1. The number of ether oxygens (including phenoxy) is 2. The molecule has 0 aliphatic heterocycles. The maximum Gasteiger partial charge on any atom is 0.412 e. The van der Waals surface area contributed by atoms with Gasteiger partial charge in [-0.1, -0.05) is 0 Å². The lowest BCUT2D eigenvalue weighted by Crippen LogP contribution is -2.24. The lowest BCUT2D eigenvalue weighted by molar-refractivity contribution is -0.383. The van der Waals surface area contributed by atoms with Crippen molar-refractivity contribution in [1.82, 2.24) is 9.88 Å². The van der Waals surface area contributed by atoms with E-state index < -0.39 is 11.0 Å². The molecule has 0 fully saturated rings. The summed E-state index contributed by atoms with van der Waals surface area (Å²) in [5.74, 6) is 0.308. The van der Waals surface area contributed by atoms with Crippen LogP contribution in [0, 0.1) is 10.1 Å². The fourth-order valence-corrected chi connectivity index (χ4v) is 1.68. The van der Waals surface area contributed by atoms with Crippen molar-refractivity contribution in [1.29, 1.82) is 0 Å². The Morgan fingerprint density at radius 1 is 1.38 bits per heavy atom. The molecule has 1 amide bonds. The summed E-state index contributed by atoms with van der Waals surface area (Å²) in [5.41, 5.74) is 0.281. The molecule has 8 heteroatoms. The van der Waals surface area contributed by atoms with E-state index in [0.717, 1.165) is 0 Å². The Morgan fingerprint density at radius 3 is 2.81 bits per heavy atom. The van der Waals surface area contributed by atoms with Crippen LogP contribution in [0.25, 0.3) is 10.9 Å². The Kier molecular flexibility index (Phi) is 4.17. The van der Waals surface area contributed by atoms with Crippen LogP contribution in [-0.4, -0.2) is 41.8 Å². The zero-order valence-electron chi connectivity index (χ0n) is 11.5. The number of nitrogens with zero attached hydrogens (tertiary/aromatic N) is 3.